The second-order valence-corrected chi connectivity index (χ2v) is 4.25. The molecule has 0 N–H and O–H groups in total. The Morgan fingerprint density at radius 2 is 2.21 bits per heavy atom. The second kappa shape index (κ2) is 5.22. The summed E-state index contributed by atoms with van der Waals surface area (Å²) in [6, 6.07) is 4.52. The van der Waals surface area contributed by atoms with Crippen LogP contribution in [0.2, 0.25) is 0 Å². The highest BCUT2D eigenvalue weighted by Crippen LogP contribution is 2.27. The number of nitrogens with zero attached hydrogens (tertiary/aromatic N) is 2. The van der Waals surface area contributed by atoms with Gasteiger partial charge in [0.2, 0.25) is 5.88 Å². The average molecular weight is 262 g/mol. The standard InChI is InChI=1S/C14H15FN2O2/c1-4-10-7-11(5-6-13(10)15)19-14-12(8-18)9(2)16-17(14)3/h5-8H,4H2,1-3H3. The van der Waals surface area contributed by atoms with Gasteiger partial charge in [0, 0.05) is 7.05 Å². The van der Waals surface area contributed by atoms with Gasteiger partial charge in [-0.25, -0.2) is 9.07 Å². The maximum atomic E-state index is 13.4. The Balaban J connectivity index is 2.38. The molecule has 0 saturated carbocycles. The molecule has 0 unspecified atom stereocenters. The van der Waals surface area contributed by atoms with E-state index >= 15 is 0 Å². The van der Waals surface area contributed by atoms with E-state index in [1.165, 1.54) is 16.8 Å². The average Bonchev–Trinajstić information content (AvgIpc) is 2.66. The molecule has 0 aliphatic carbocycles. The van der Waals surface area contributed by atoms with Crippen molar-refractivity contribution >= 4 is 6.29 Å². The van der Waals surface area contributed by atoms with E-state index in [1.54, 1.807) is 20.0 Å². The summed E-state index contributed by atoms with van der Waals surface area (Å²) in [4.78, 5) is 11.0. The molecule has 5 heteroatoms. The van der Waals surface area contributed by atoms with Crippen LogP contribution in [0.5, 0.6) is 11.6 Å². The van der Waals surface area contributed by atoms with Crippen LogP contribution in [0.3, 0.4) is 0 Å². The molecular formula is C14H15FN2O2. The topological polar surface area (TPSA) is 44.1 Å². The highest BCUT2D eigenvalue weighted by molar-refractivity contribution is 5.80. The van der Waals surface area contributed by atoms with Crippen molar-refractivity contribution in [3.63, 3.8) is 0 Å². The third kappa shape index (κ3) is 2.50. The lowest BCUT2D eigenvalue weighted by molar-refractivity contribution is 0.112. The number of carbonyl (C=O) groups is 1. The van der Waals surface area contributed by atoms with Crippen molar-refractivity contribution in [1.29, 1.82) is 0 Å². The first kappa shape index (κ1) is 13.3. The first-order valence-corrected chi connectivity index (χ1v) is 6.01. The van der Waals surface area contributed by atoms with Gasteiger partial charge < -0.3 is 4.74 Å². The van der Waals surface area contributed by atoms with Gasteiger partial charge in [-0.05, 0) is 37.1 Å². The lowest BCUT2D eigenvalue weighted by Gasteiger charge is -2.08. The van der Waals surface area contributed by atoms with E-state index in [0.717, 1.165) is 0 Å². The minimum atomic E-state index is -0.258. The zero-order chi connectivity index (χ0) is 14.0. The van der Waals surface area contributed by atoms with Crippen LogP contribution in [0.15, 0.2) is 18.2 Å². The fourth-order valence-electron chi connectivity index (χ4n) is 1.91. The molecule has 0 aliphatic heterocycles. The molecule has 1 aromatic heterocycles. The largest absolute Gasteiger partial charge is 0.439 e. The number of benzene rings is 1. The van der Waals surface area contributed by atoms with E-state index in [4.69, 9.17) is 4.74 Å². The quantitative estimate of drug-likeness (QED) is 0.795. The molecule has 2 aromatic rings. The Hall–Kier alpha value is -2.17. The Bertz CT molecular complexity index is 620. The van der Waals surface area contributed by atoms with Crippen LogP contribution in [-0.2, 0) is 13.5 Å². The van der Waals surface area contributed by atoms with Crippen LogP contribution in [0.25, 0.3) is 0 Å². The second-order valence-electron chi connectivity index (χ2n) is 4.25. The molecule has 100 valence electrons. The summed E-state index contributed by atoms with van der Waals surface area (Å²) in [5.74, 6) is 0.595. The highest BCUT2D eigenvalue weighted by atomic mass is 19.1. The minimum absolute atomic E-state index is 0.258. The van der Waals surface area contributed by atoms with Gasteiger partial charge in [0.05, 0.1) is 11.3 Å². The molecule has 1 heterocycles. The zero-order valence-electron chi connectivity index (χ0n) is 11.1. The van der Waals surface area contributed by atoms with E-state index in [1.807, 2.05) is 6.92 Å². The first-order chi connectivity index (χ1) is 9.06. The van der Waals surface area contributed by atoms with Crippen molar-refractivity contribution in [3.8, 4) is 11.6 Å². The van der Waals surface area contributed by atoms with Gasteiger partial charge >= 0.3 is 0 Å². The lowest BCUT2D eigenvalue weighted by Crippen LogP contribution is -1.98. The Morgan fingerprint density at radius 1 is 1.47 bits per heavy atom. The number of carbonyl (C=O) groups excluding carboxylic acids is 1. The summed E-state index contributed by atoms with van der Waals surface area (Å²) in [5, 5.41) is 4.12. The number of rotatable bonds is 4. The smallest absolute Gasteiger partial charge is 0.228 e. The van der Waals surface area contributed by atoms with E-state index in [0.29, 0.717) is 41.2 Å². The molecule has 0 saturated heterocycles. The van der Waals surface area contributed by atoms with Gasteiger partial charge in [0.15, 0.2) is 6.29 Å². The number of aldehydes is 1. The summed E-state index contributed by atoms with van der Waals surface area (Å²) >= 11 is 0. The maximum absolute atomic E-state index is 13.4. The molecule has 0 bridgehead atoms. The SMILES string of the molecule is CCc1cc(Oc2c(C=O)c(C)nn2C)ccc1F. The summed E-state index contributed by atoms with van der Waals surface area (Å²) in [5.41, 5.74) is 1.58. The molecular weight excluding hydrogens is 247 g/mol. The third-order valence-electron chi connectivity index (χ3n) is 2.94. The van der Waals surface area contributed by atoms with Gasteiger partial charge in [-0.1, -0.05) is 6.92 Å². The predicted molar refractivity (Wildman–Crippen MR) is 69.2 cm³/mol. The summed E-state index contributed by atoms with van der Waals surface area (Å²) in [7, 11) is 1.69. The van der Waals surface area contributed by atoms with Crippen molar-refractivity contribution in [2.75, 3.05) is 0 Å². The molecule has 0 spiro atoms. The Morgan fingerprint density at radius 3 is 2.84 bits per heavy atom. The molecule has 0 radical (unpaired) electrons. The highest BCUT2D eigenvalue weighted by Gasteiger charge is 2.15. The van der Waals surface area contributed by atoms with Crippen molar-refractivity contribution in [3.05, 3.63) is 40.8 Å². The molecule has 19 heavy (non-hydrogen) atoms. The zero-order valence-corrected chi connectivity index (χ0v) is 11.1. The molecule has 1 aromatic carbocycles. The summed E-state index contributed by atoms with van der Waals surface area (Å²) in [6.45, 7) is 3.60. The van der Waals surface area contributed by atoms with Crippen molar-refractivity contribution < 1.29 is 13.9 Å². The van der Waals surface area contributed by atoms with E-state index in [-0.39, 0.29) is 5.82 Å². The van der Waals surface area contributed by atoms with Crippen molar-refractivity contribution in [2.45, 2.75) is 20.3 Å². The van der Waals surface area contributed by atoms with Gasteiger partial charge in [0.1, 0.15) is 11.6 Å². The molecule has 0 atom stereocenters. The molecule has 0 aliphatic rings. The van der Waals surface area contributed by atoms with Crippen LogP contribution in [0.4, 0.5) is 4.39 Å². The van der Waals surface area contributed by atoms with E-state index in [9.17, 15) is 9.18 Å². The first-order valence-electron chi connectivity index (χ1n) is 6.01. The number of hydrogen-bond acceptors (Lipinski definition) is 3. The van der Waals surface area contributed by atoms with E-state index in [2.05, 4.69) is 5.10 Å². The monoisotopic (exact) mass is 262 g/mol. The van der Waals surface area contributed by atoms with Gasteiger partial charge in [0.25, 0.3) is 0 Å². The maximum Gasteiger partial charge on any atom is 0.228 e. The van der Waals surface area contributed by atoms with Crippen LogP contribution in [-0.4, -0.2) is 16.1 Å². The number of aromatic nitrogens is 2. The number of hydrogen-bond donors (Lipinski definition) is 0. The lowest BCUT2D eigenvalue weighted by atomic mass is 10.1. The minimum Gasteiger partial charge on any atom is -0.439 e. The Labute approximate surface area is 110 Å². The number of ether oxygens (including phenoxy) is 1. The predicted octanol–water partition coefficient (Wildman–Crippen LogP) is 3.03. The normalized spacial score (nSPS) is 10.5. The fraction of sp³-hybridized carbons (Fsp3) is 0.286. The van der Waals surface area contributed by atoms with Gasteiger partial charge in [-0.15, -0.1) is 0 Å². The summed E-state index contributed by atoms with van der Waals surface area (Å²) < 4.78 is 20.6. The third-order valence-corrected chi connectivity index (χ3v) is 2.94. The van der Waals surface area contributed by atoms with Gasteiger partial charge in [-0.3, -0.25) is 4.79 Å². The van der Waals surface area contributed by atoms with Crippen LogP contribution < -0.4 is 4.74 Å². The molecule has 4 nitrogen and oxygen atoms in total. The van der Waals surface area contributed by atoms with Crippen molar-refractivity contribution in [2.24, 2.45) is 7.05 Å². The Kier molecular flexibility index (Phi) is 3.64. The number of aryl methyl sites for hydroxylation is 3. The van der Waals surface area contributed by atoms with Crippen molar-refractivity contribution in [1.82, 2.24) is 9.78 Å². The van der Waals surface area contributed by atoms with E-state index < -0.39 is 0 Å². The van der Waals surface area contributed by atoms with Crippen LogP contribution in [0.1, 0.15) is 28.5 Å². The summed E-state index contributed by atoms with van der Waals surface area (Å²) in [6.07, 6.45) is 1.29. The van der Waals surface area contributed by atoms with Crippen LogP contribution >= 0.6 is 0 Å². The van der Waals surface area contributed by atoms with Gasteiger partial charge in [-0.2, -0.15) is 5.10 Å². The molecule has 0 fully saturated rings. The fourth-order valence-corrected chi connectivity index (χ4v) is 1.91. The molecule has 2 rings (SSSR count). The van der Waals surface area contributed by atoms with Crippen LogP contribution in [0, 0.1) is 12.7 Å². The molecule has 0 amide bonds. The number of halogens is 1.